The van der Waals surface area contributed by atoms with Gasteiger partial charge < -0.3 is 4.74 Å². The van der Waals surface area contributed by atoms with E-state index in [-0.39, 0.29) is 17.3 Å². The van der Waals surface area contributed by atoms with Crippen LogP contribution in [0, 0.1) is 5.92 Å². The van der Waals surface area contributed by atoms with E-state index in [0.29, 0.717) is 5.92 Å². The summed E-state index contributed by atoms with van der Waals surface area (Å²) in [6, 6.07) is 10.2. The van der Waals surface area contributed by atoms with Gasteiger partial charge in [-0.15, -0.1) is 11.8 Å². The van der Waals surface area contributed by atoms with Gasteiger partial charge >= 0.3 is 5.97 Å². The van der Waals surface area contributed by atoms with Gasteiger partial charge in [0.25, 0.3) is 0 Å². The number of fused-ring (bicyclic) bond motifs is 1. The molecule has 1 aromatic rings. The highest BCUT2D eigenvalue weighted by Crippen LogP contribution is 2.42. The quantitative estimate of drug-likeness (QED) is 0.751. The molecule has 1 aliphatic heterocycles. The Balaban J connectivity index is 1.76. The average Bonchev–Trinajstić information content (AvgIpc) is 2.68. The van der Waals surface area contributed by atoms with E-state index in [1.807, 2.05) is 18.2 Å². The number of esters is 1. The maximum atomic E-state index is 11.9. The van der Waals surface area contributed by atoms with Crippen molar-refractivity contribution in [2.24, 2.45) is 5.92 Å². The summed E-state index contributed by atoms with van der Waals surface area (Å²) in [6.45, 7) is 0. The number of hydrogen-bond acceptors (Lipinski definition) is 3. The third kappa shape index (κ3) is 2.21. The summed E-state index contributed by atoms with van der Waals surface area (Å²) in [5.41, 5.74) is 0. The van der Waals surface area contributed by atoms with Crippen LogP contribution in [0.5, 0.6) is 0 Å². The molecule has 0 N–H and O–H groups in total. The molecule has 3 heteroatoms. The maximum Gasteiger partial charge on any atom is 0.320 e. The molecule has 3 rings (SSSR count). The van der Waals surface area contributed by atoms with E-state index in [1.165, 1.54) is 17.7 Å². The summed E-state index contributed by atoms with van der Waals surface area (Å²) in [5, 5.41) is 0.0164. The van der Waals surface area contributed by atoms with Crippen molar-refractivity contribution >= 4 is 17.7 Å². The summed E-state index contributed by atoms with van der Waals surface area (Å²) in [4.78, 5) is 13.1. The summed E-state index contributed by atoms with van der Waals surface area (Å²) in [6.07, 6.45) is 4.83. The fourth-order valence-corrected chi connectivity index (χ4v) is 4.04. The lowest BCUT2D eigenvalue weighted by molar-refractivity contribution is -0.141. The van der Waals surface area contributed by atoms with Crippen molar-refractivity contribution in [1.29, 1.82) is 0 Å². The van der Waals surface area contributed by atoms with E-state index < -0.39 is 0 Å². The molecule has 1 saturated carbocycles. The van der Waals surface area contributed by atoms with Gasteiger partial charge in [0.15, 0.2) is 0 Å². The SMILES string of the molecule is O=C1OC2CCCCC2C1Sc1ccccc1. The molecule has 0 spiro atoms. The van der Waals surface area contributed by atoms with Gasteiger partial charge in [0.05, 0.1) is 0 Å². The second-order valence-electron chi connectivity index (χ2n) is 4.78. The predicted octanol–water partition coefficient (Wildman–Crippen LogP) is 3.26. The molecule has 2 nitrogen and oxygen atoms in total. The molecule has 1 saturated heterocycles. The van der Waals surface area contributed by atoms with Gasteiger partial charge in [0, 0.05) is 10.8 Å². The van der Waals surface area contributed by atoms with Gasteiger partial charge in [-0.25, -0.2) is 0 Å². The molecule has 1 heterocycles. The minimum atomic E-state index is -0.00393. The van der Waals surface area contributed by atoms with Crippen molar-refractivity contribution in [1.82, 2.24) is 0 Å². The Kier molecular flexibility index (Phi) is 3.10. The number of carbonyl (C=O) groups is 1. The number of thioether (sulfide) groups is 1. The van der Waals surface area contributed by atoms with Crippen molar-refractivity contribution in [3.8, 4) is 0 Å². The summed E-state index contributed by atoms with van der Waals surface area (Å²) in [7, 11) is 0. The molecule has 1 aromatic carbocycles. The van der Waals surface area contributed by atoms with Crippen LogP contribution in [0.2, 0.25) is 0 Å². The molecule has 1 aliphatic carbocycles. The molecule has 90 valence electrons. The zero-order valence-electron chi connectivity index (χ0n) is 9.67. The maximum absolute atomic E-state index is 11.9. The van der Waals surface area contributed by atoms with E-state index in [2.05, 4.69) is 12.1 Å². The van der Waals surface area contributed by atoms with Crippen LogP contribution in [0.25, 0.3) is 0 Å². The van der Waals surface area contributed by atoms with Gasteiger partial charge in [-0.05, 0) is 31.4 Å². The Labute approximate surface area is 106 Å². The Bertz CT molecular complexity index is 404. The second-order valence-corrected chi connectivity index (χ2v) is 5.99. The van der Waals surface area contributed by atoms with Crippen molar-refractivity contribution < 1.29 is 9.53 Å². The number of benzene rings is 1. The van der Waals surface area contributed by atoms with Gasteiger partial charge in [-0.2, -0.15) is 0 Å². The third-order valence-electron chi connectivity index (χ3n) is 3.65. The Morgan fingerprint density at radius 2 is 1.88 bits per heavy atom. The van der Waals surface area contributed by atoms with E-state index >= 15 is 0 Å². The average molecular weight is 248 g/mol. The summed E-state index contributed by atoms with van der Waals surface area (Å²) in [5.74, 6) is 0.428. The van der Waals surface area contributed by atoms with Crippen molar-refractivity contribution in [3.05, 3.63) is 30.3 Å². The van der Waals surface area contributed by atoms with Crippen LogP contribution in [0.3, 0.4) is 0 Å². The molecule has 3 atom stereocenters. The van der Waals surface area contributed by atoms with E-state index in [4.69, 9.17) is 4.74 Å². The van der Waals surface area contributed by atoms with Crippen LogP contribution in [-0.2, 0) is 9.53 Å². The Morgan fingerprint density at radius 3 is 2.71 bits per heavy atom. The first-order valence-corrected chi connectivity index (χ1v) is 7.15. The van der Waals surface area contributed by atoms with E-state index in [0.717, 1.165) is 12.8 Å². The van der Waals surface area contributed by atoms with Crippen LogP contribution in [0.1, 0.15) is 25.7 Å². The first-order valence-electron chi connectivity index (χ1n) is 6.27. The van der Waals surface area contributed by atoms with Crippen molar-refractivity contribution in [2.75, 3.05) is 0 Å². The van der Waals surface area contributed by atoms with Gasteiger partial charge in [-0.3, -0.25) is 4.79 Å². The first kappa shape index (κ1) is 11.1. The van der Waals surface area contributed by atoms with Crippen LogP contribution < -0.4 is 0 Å². The second kappa shape index (κ2) is 4.73. The zero-order chi connectivity index (χ0) is 11.7. The lowest BCUT2D eigenvalue weighted by Gasteiger charge is -2.24. The molecular weight excluding hydrogens is 232 g/mol. The number of ether oxygens (including phenoxy) is 1. The van der Waals surface area contributed by atoms with Gasteiger partial charge in [0.1, 0.15) is 11.4 Å². The highest BCUT2D eigenvalue weighted by atomic mass is 32.2. The fourth-order valence-electron chi connectivity index (χ4n) is 2.79. The van der Waals surface area contributed by atoms with Crippen LogP contribution in [-0.4, -0.2) is 17.3 Å². The summed E-state index contributed by atoms with van der Waals surface area (Å²) >= 11 is 1.67. The third-order valence-corrected chi connectivity index (χ3v) is 4.99. The lowest BCUT2D eigenvalue weighted by Crippen LogP contribution is -2.26. The molecule has 2 aliphatic rings. The predicted molar refractivity (Wildman–Crippen MR) is 67.9 cm³/mol. The number of rotatable bonds is 2. The minimum Gasteiger partial charge on any atom is -0.461 e. The van der Waals surface area contributed by atoms with Crippen LogP contribution >= 0.6 is 11.8 Å². The minimum absolute atomic E-state index is 0.00393. The van der Waals surface area contributed by atoms with E-state index in [9.17, 15) is 4.79 Å². The Morgan fingerprint density at radius 1 is 1.12 bits per heavy atom. The standard InChI is InChI=1S/C14H16O2S/c15-14-13(17-10-6-2-1-3-7-10)11-8-4-5-9-12(11)16-14/h1-3,6-7,11-13H,4-5,8-9H2. The largest absolute Gasteiger partial charge is 0.461 e. The zero-order valence-corrected chi connectivity index (χ0v) is 10.5. The smallest absolute Gasteiger partial charge is 0.320 e. The monoisotopic (exact) mass is 248 g/mol. The molecule has 0 aromatic heterocycles. The molecule has 3 unspecified atom stereocenters. The topological polar surface area (TPSA) is 26.3 Å². The molecule has 0 bridgehead atoms. The molecule has 0 radical (unpaired) electrons. The van der Waals surface area contributed by atoms with Crippen LogP contribution in [0.15, 0.2) is 35.2 Å². The van der Waals surface area contributed by atoms with Gasteiger partial charge in [0.2, 0.25) is 0 Å². The van der Waals surface area contributed by atoms with Crippen LogP contribution in [0.4, 0.5) is 0 Å². The van der Waals surface area contributed by atoms with Crippen molar-refractivity contribution in [2.45, 2.75) is 41.9 Å². The highest BCUT2D eigenvalue weighted by Gasteiger charge is 2.45. The molecule has 2 fully saturated rings. The first-order chi connectivity index (χ1) is 8.34. The molecule has 17 heavy (non-hydrogen) atoms. The lowest BCUT2D eigenvalue weighted by atomic mass is 9.86. The molecular formula is C14H16O2S. The van der Waals surface area contributed by atoms with Gasteiger partial charge in [-0.1, -0.05) is 24.6 Å². The Hall–Kier alpha value is -0.960. The number of carbonyl (C=O) groups excluding carboxylic acids is 1. The van der Waals surface area contributed by atoms with E-state index in [1.54, 1.807) is 11.8 Å². The molecule has 0 amide bonds. The highest BCUT2D eigenvalue weighted by molar-refractivity contribution is 8.00. The summed E-state index contributed by atoms with van der Waals surface area (Å²) < 4.78 is 5.49. The number of hydrogen-bond donors (Lipinski definition) is 0. The normalized spacial score (nSPS) is 32.0. The van der Waals surface area contributed by atoms with Crippen molar-refractivity contribution in [3.63, 3.8) is 0 Å². The fraction of sp³-hybridized carbons (Fsp3) is 0.500.